The molecular weight excluding hydrogens is 356 g/mol. The predicted octanol–water partition coefficient (Wildman–Crippen LogP) is 2.14. The molecule has 0 radical (unpaired) electrons. The van der Waals surface area contributed by atoms with E-state index in [-0.39, 0.29) is 23.4 Å². The van der Waals surface area contributed by atoms with E-state index in [1.807, 2.05) is 0 Å². The summed E-state index contributed by atoms with van der Waals surface area (Å²) in [5.41, 5.74) is 0.369. The van der Waals surface area contributed by atoms with E-state index in [2.05, 4.69) is 5.32 Å². The Morgan fingerprint density at radius 2 is 1.81 bits per heavy atom. The van der Waals surface area contributed by atoms with Crippen molar-refractivity contribution in [2.45, 2.75) is 43.4 Å². The van der Waals surface area contributed by atoms with Gasteiger partial charge >= 0.3 is 5.97 Å². The second-order valence-corrected chi connectivity index (χ2v) is 8.71. The number of rotatable bonds is 6. The fourth-order valence-corrected chi connectivity index (χ4v) is 4.50. The van der Waals surface area contributed by atoms with E-state index < -0.39 is 15.9 Å². The lowest BCUT2D eigenvalue weighted by atomic mass is 10.2. The van der Waals surface area contributed by atoms with Gasteiger partial charge in [0.15, 0.2) is 6.61 Å². The number of amides is 1. The maximum Gasteiger partial charge on any atom is 0.309 e. The van der Waals surface area contributed by atoms with E-state index in [1.165, 1.54) is 16.4 Å². The number of hydrogen-bond acceptors (Lipinski definition) is 5. The molecule has 1 aliphatic heterocycles. The van der Waals surface area contributed by atoms with Crippen molar-refractivity contribution in [3.63, 3.8) is 0 Å². The predicted molar refractivity (Wildman–Crippen MR) is 96.0 cm³/mol. The van der Waals surface area contributed by atoms with Crippen LogP contribution in [0.2, 0.25) is 0 Å². The van der Waals surface area contributed by atoms with E-state index in [4.69, 9.17) is 4.74 Å². The first-order chi connectivity index (χ1) is 12.5. The van der Waals surface area contributed by atoms with Crippen LogP contribution in [0.15, 0.2) is 29.2 Å². The lowest BCUT2D eigenvalue weighted by Crippen LogP contribution is -2.32. The van der Waals surface area contributed by atoms with Gasteiger partial charge < -0.3 is 10.1 Å². The SMILES string of the molecule is O=C(COC(=O)C1CC1)Nc1cccc(S(=O)(=O)N2CCCCCC2)c1. The van der Waals surface area contributed by atoms with Crippen molar-refractivity contribution in [2.24, 2.45) is 5.92 Å². The zero-order valence-corrected chi connectivity index (χ0v) is 15.5. The number of anilines is 1. The molecule has 0 atom stereocenters. The van der Waals surface area contributed by atoms with Gasteiger partial charge in [0, 0.05) is 18.8 Å². The molecule has 2 fully saturated rings. The van der Waals surface area contributed by atoms with Crippen molar-refractivity contribution in [3.05, 3.63) is 24.3 Å². The third kappa shape index (κ3) is 4.82. The zero-order valence-electron chi connectivity index (χ0n) is 14.6. The van der Waals surface area contributed by atoms with Gasteiger partial charge in [-0.2, -0.15) is 4.31 Å². The Morgan fingerprint density at radius 3 is 2.46 bits per heavy atom. The summed E-state index contributed by atoms with van der Waals surface area (Å²) in [4.78, 5) is 23.5. The number of ether oxygens (including phenoxy) is 1. The van der Waals surface area contributed by atoms with Crippen LogP contribution in [0.25, 0.3) is 0 Å². The number of carbonyl (C=O) groups excluding carboxylic acids is 2. The van der Waals surface area contributed by atoms with Crippen molar-refractivity contribution in [1.29, 1.82) is 0 Å². The van der Waals surface area contributed by atoms with E-state index in [0.717, 1.165) is 38.5 Å². The smallest absolute Gasteiger partial charge is 0.309 e. The summed E-state index contributed by atoms with van der Waals surface area (Å²) in [5.74, 6) is -0.897. The highest BCUT2D eigenvalue weighted by atomic mass is 32.2. The van der Waals surface area contributed by atoms with Crippen molar-refractivity contribution in [1.82, 2.24) is 4.31 Å². The van der Waals surface area contributed by atoms with E-state index in [1.54, 1.807) is 12.1 Å². The quantitative estimate of drug-likeness (QED) is 0.763. The van der Waals surface area contributed by atoms with Crippen LogP contribution < -0.4 is 5.32 Å². The van der Waals surface area contributed by atoms with Crippen LogP contribution in [0, 0.1) is 5.92 Å². The molecule has 0 aromatic heterocycles. The molecule has 1 N–H and O–H groups in total. The monoisotopic (exact) mass is 380 g/mol. The average molecular weight is 380 g/mol. The van der Waals surface area contributed by atoms with Gasteiger partial charge in [0.1, 0.15) is 0 Å². The highest BCUT2D eigenvalue weighted by molar-refractivity contribution is 7.89. The van der Waals surface area contributed by atoms with Crippen molar-refractivity contribution in [2.75, 3.05) is 25.0 Å². The molecule has 0 spiro atoms. The van der Waals surface area contributed by atoms with Crippen LogP contribution in [-0.4, -0.2) is 44.3 Å². The maximum absolute atomic E-state index is 12.8. The molecule has 1 saturated carbocycles. The van der Waals surface area contributed by atoms with Crippen molar-refractivity contribution >= 4 is 27.6 Å². The topological polar surface area (TPSA) is 92.8 Å². The van der Waals surface area contributed by atoms with E-state index in [0.29, 0.717) is 18.8 Å². The Balaban J connectivity index is 1.63. The first-order valence-electron chi connectivity index (χ1n) is 9.03. The molecule has 142 valence electrons. The number of nitrogens with one attached hydrogen (secondary N) is 1. The average Bonchev–Trinajstić information content (AvgIpc) is 3.46. The van der Waals surface area contributed by atoms with Crippen molar-refractivity contribution in [3.8, 4) is 0 Å². The summed E-state index contributed by atoms with van der Waals surface area (Å²) >= 11 is 0. The summed E-state index contributed by atoms with van der Waals surface area (Å²) in [6, 6.07) is 6.18. The molecule has 3 rings (SSSR count). The summed E-state index contributed by atoms with van der Waals surface area (Å²) < 4.78 is 32.1. The van der Waals surface area contributed by atoms with E-state index >= 15 is 0 Å². The minimum atomic E-state index is -3.58. The van der Waals surface area contributed by atoms with Crippen LogP contribution in [0.5, 0.6) is 0 Å². The highest BCUT2D eigenvalue weighted by Crippen LogP contribution is 2.30. The fraction of sp³-hybridized carbons (Fsp3) is 0.556. The molecule has 8 heteroatoms. The van der Waals surface area contributed by atoms with Gasteiger partial charge in [-0.05, 0) is 43.9 Å². The molecule has 1 aliphatic carbocycles. The third-order valence-electron chi connectivity index (χ3n) is 4.58. The van der Waals surface area contributed by atoms with Crippen LogP contribution in [0.4, 0.5) is 5.69 Å². The molecule has 1 saturated heterocycles. The number of sulfonamides is 1. The summed E-state index contributed by atoms with van der Waals surface area (Å²) in [5, 5.41) is 2.59. The fourth-order valence-electron chi connectivity index (χ4n) is 2.94. The highest BCUT2D eigenvalue weighted by Gasteiger charge is 2.31. The molecule has 26 heavy (non-hydrogen) atoms. The summed E-state index contributed by atoms with van der Waals surface area (Å²) in [6.45, 7) is 0.685. The van der Waals surface area contributed by atoms with E-state index in [9.17, 15) is 18.0 Å². The largest absolute Gasteiger partial charge is 0.455 e. The second-order valence-electron chi connectivity index (χ2n) is 6.78. The molecule has 0 unspecified atom stereocenters. The van der Waals surface area contributed by atoms with Gasteiger partial charge in [-0.25, -0.2) is 8.42 Å². The molecule has 0 bridgehead atoms. The lowest BCUT2D eigenvalue weighted by molar-refractivity contribution is -0.148. The summed E-state index contributed by atoms with van der Waals surface area (Å²) in [6.07, 6.45) is 5.45. The Morgan fingerprint density at radius 1 is 1.12 bits per heavy atom. The van der Waals surface area contributed by atoms with Gasteiger partial charge in [0.2, 0.25) is 10.0 Å². The van der Waals surface area contributed by atoms with Crippen LogP contribution in [0.1, 0.15) is 38.5 Å². The first kappa shape index (κ1) is 18.8. The number of nitrogens with zero attached hydrogens (tertiary/aromatic N) is 1. The molecule has 2 aliphatic rings. The Kier molecular flexibility index (Phi) is 5.93. The number of benzene rings is 1. The third-order valence-corrected chi connectivity index (χ3v) is 6.47. The number of esters is 1. The minimum absolute atomic E-state index is 0.0649. The normalized spacial score (nSPS) is 18.8. The van der Waals surface area contributed by atoms with Gasteiger partial charge in [-0.1, -0.05) is 18.9 Å². The zero-order chi connectivity index (χ0) is 18.6. The standard InChI is InChI=1S/C18H24N2O5S/c21-17(13-25-18(22)14-8-9-14)19-15-6-5-7-16(12-15)26(23,24)20-10-3-1-2-4-11-20/h5-7,12,14H,1-4,8-11,13H2,(H,19,21). The van der Waals surface area contributed by atoms with Gasteiger partial charge in [0.05, 0.1) is 10.8 Å². The number of carbonyl (C=O) groups is 2. The van der Waals surface area contributed by atoms with Gasteiger partial charge in [-0.3, -0.25) is 9.59 Å². The molecule has 1 heterocycles. The maximum atomic E-state index is 12.8. The Labute approximate surface area is 153 Å². The Bertz CT molecular complexity index is 766. The molecule has 1 amide bonds. The summed E-state index contributed by atoms with van der Waals surface area (Å²) in [7, 11) is -3.58. The molecular formula is C18H24N2O5S. The van der Waals surface area contributed by atoms with Crippen molar-refractivity contribution < 1.29 is 22.7 Å². The van der Waals surface area contributed by atoms with Gasteiger partial charge in [-0.15, -0.1) is 0 Å². The van der Waals surface area contributed by atoms with Crippen LogP contribution >= 0.6 is 0 Å². The Hall–Kier alpha value is -1.93. The second kappa shape index (κ2) is 8.18. The van der Waals surface area contributed by atoms with Crippen LogP contribution in [0.3, 0.4) is 0 Å². The first-order valence-corrected chi connectivity index (χ1v) is 10.5. The molecule has 1 aromatic rings. The lowest BCUT2D eigenvalue weighted by Gasteiger charge is -2.20. The number of hydrogen-bond donors (Lipinski definition) is 1. The van der Waals surface area contributed by atoms with Crippen LogP contribution in [-0.2, 0) is 24.3 Å². The minimum Gasteiger partial charge on any atom is -0.455 e. The van der Waals surface area contributed by atoms with Gasteiger partial charge in [0.25, 0.3) is 5.91 Å². The molecule has 1 aromatic carbocycles. The molecule has 7 nitrogen and oxygen atoms in total.